The van der Waals surface area contributed by atoms with E-state index in [-0.39, 0.29) is 11.8 Å². The number of likely N-dealkylation sites (tertiary alicyclic amines) is 1. The van der Waals surface area contributed by atoms with Crippen molar-refractivity contribution in [3.63, 3.8) is 0 Å². The summed E-state index contributed by atoms with van der Waals surface area (Å²) in [6.07, 6.45) is 0.774. The van der Waals surface area contributed by atoms with Gasteiger partial charge in [0.2, 0.25) is 5.91 Å². The van der Waals surface area contributed by atoms with Gasteiger partial charge in [-0.1, -0.05) is 11.2 Å². The Morgan fingerprint density at radius 2 is 2.26 bits per heavy atom. The molecule has 1 aliphatic heterocycles. The quantitative estimate of drug-likeness (QED) is 0.797. The molecular formula is C13H12BrN3O2. The van der Waals surface area contributed by atoms with Crippen molar-refractivity contribution in [3.8, 4) is 11.4 Å². The first kappa shape index (κ1) is 12.3. The van der Waals surface area contributed by atoms with Gasteiger partial charge in [0.1, 0.15) is 22.0 Å². The monoisotopic (exact) mass is 321 g/mol. The number of amides is 1. The van der Waals surface area contributed by atoms with Crippen molar-refractivity contribution in [3.05, 3.63) is 34.6 Å². The Morgan fingerprint density at radius 3 is 2.95 bits per heavy atom. The van der Waals surface area contributed by atoms with Gasteiger partial charge >= 0.3 is 0 Å². The minimum atomic E-state index is -0.210. The Labute approximate surface area is 118 Å². The van der Waals surface area contributed by atoms with E-state index >= 15 is 0 Å². The molecule has 1 aliphatic rings. The van der Waals surface area contributed by atoms with Crippen LogP contribution in [0.4, 0.5) is 0 Å². The summed E-state index contributed by atoms with van der Waals surface area (Å²) in [5, 5.41) is 4.00. The number of carbonyl (C=O) groups is 1. The maximum Gasteiger partial charge on any atom is 0.233 e. The molecule has 2 aromatic rings. The van der Waals surface area contributed by atoms with Crippen LogP contribution in [-0.4, -0.2) is 34.5 Å². The van der Waals surface area contributed by atoms with E-state index in [1.165, 1.54) is 0 Å². The first-order chi connectivity index (χ1) is 9.15. The molecule has 1 fully saturated rings. The Kier molecular flexibility index (Phi) is 3.10. The summed E-state index contributed by atoms with van der Waals surface area (Å²) in [6.45, 7) is 0.759. The van der Waals surface area contributed by atoms with Gasteiger partial charge in [0.05, 0.1) is 5.69 Å². The van der Waals surface area contributed by atoms with Crippen LogP contribution >= 0.6 is 15.9 Å². The Balaban J connectivity index is 1.90. The number of rotatable bonds is 2. The second-order valence-electron chi connectivity index (χ2n) is 4.56. The zero-order valence-electron chi connectivity index (χ0n) is 10.3. The third-order valence-corrected chi connectivity index (χ3v) is 3.72. The molecule has 0 aromatic carbocycles. The van der Waals surface area contributed by atoms with E-state index in [2.05, 4.69) is 26.1 Å². The fourth-order valence-electron chi connectivity index (χ4n) is 2.21. The molecule has 0 radical (unpaired) electrons. The first-order valence-corrected chi connectivity index (χ1v) is 6.79. The molecule has 0 aliphatic carbocycles. The molecule has 0 bridgehead atoms. The lowest BCUT2D eigenvalue weighted by molar-refractivity contribution is -0.128. The number of aromatic nitrogens is 2. The van der Waals surface area contributed by atoms with Gasteiger partial charge in [-0.15, -0.1) is 0 Å². The van der Waals surface area contributed by atoms with E-state index < -0.39 is 0 Å². The van der Waals surface area contributed by atoms with Crippen molar-refractivity contribution in [2.24, 2.45) is 0 Å². The SMILES string of the molecule is CN1CCC(c2cc(-c3cccc(Br)n3)no2)C1=O. The molecule has 0 N–H and O–H groups in total. The first-order valence-electron chi connectivity index (χ1n) is 5.99. The Hall–Kier alpha value is -1.69. The number of carbonyl (C=O) groups excluding carboxylic acids is 1. The largest absolute Gasteiger partial charge is 0.360 e. The third kappa shape index (κ3) is 2.28. The van der Waals surface area contributed by atoms with Gasteiger partial charge < -0.3 is 9.42 Å². The van der Waals surface area contributed by atoms with E-state index in [0.717, 1.165) is 23.3 Å². The lowest BCUT2D eigenvalue weighted by Gasteiger charge is -2.06. The lowest BCUT2D eigenvalue weighted by atomic mass is 10.0. The predicted molar refractivity (Wildman–Crippen MR) is 72.4 cm³/mol. The summed E-state index contributed by atoms with van der Waals surface area (Å²) in [7, 11) is 1.80. The second-order valence-corrected chi connectivity index (χ2v) is 5.37. The average Bonchev–Trinajstić information content (AvgIpc) is 2.98. The minimum absolute atomic E-state index is 0.0879. The highest BCUT2D eigenvalue weighted by Gasteiger charge is 2.33. The smallest absolute Gasteiger partial charge is 0.233 e. The number of hydrogen-bond acceptors (Lipinski definition) is 4. The Morgan fingerprint density at radius 1 is 1.42 bits per heavy atom. The van der Waals surface area contributed by atoms with E-state index in [1.54, 1.807) is 18.0 Å². The second kappa shape index (κ2) is 4.77. The van der Waals surface area contributed by atoms with Crippen LogP contribution in [0.1, 0.15) is 18.1 Å². The van der Waals surface area contributed by atoms with Gasteiger partial charge in [0, 0.05) is 19.7 Å². The summed E-state index contributed by atoms with van der Waals surface area (Å²) < 4.78 is 6.05. The van der Waals surface area contributed by atoms with Gasteiger partial charge in [-0.3, -0.25) is 4.79 Å². The van der Waals surface area contributed by atoms with Gasteiger partial charge in [-0.05, 0) is 34.5 Å². The summed E-state index contributed by atoms with van der Waals surface area (Å²) in [5.41, 5.74) is 1.38. The summed E-state index contributed by atoms with van der Waals surface area (Å²) in [5.74, 6) is 0.495. The molecule has 3 heterocycles. The van der Waals surface area contributed by atoms with Crippen LogP contribution in [0.2, 0.25) is 0 Å². The molecule has 3 rings (SSSR count). The molecule has 1 atom stereocenters. The van der Waals surface area contributed by atoms with E-state index in [1.807, 2.05) is 18.2 Å². The highest BCUT2D eigenvalue weighted by atomic mass is 79.9. The zero-order chi connectivity index (χ0) is 13.4. The number of nitrogens with zero attached hydrogens (tertiary/aromatic N) is 3. The van der Waals surface area contributed by atoms with Crippen LogP contribution in [0.25, 0.3) is 11.4 Å². The molecule has 1 unspecified atom stereocenters. The van der Waals surface area contributed by atoms with Crippen LogP contribution in [0, 0.1) is 0 Å². The van der Waals surface area contributed by atoms with Gasteiger partial charge in [-0.25, -0.2) is 4.98 Å². The molecule has 0 saturated carbocycles. The molecule has 19 heavy (non-hydrogen) atoms. The number of hydrogen-bond donors (Lipinski definition) is 0. The molecule has 1 amide bonds. The highest BCUT2D eigenvalue weighted by Crippen LogP contribution is 2.30. The normalized spacial score (nSPS) is 19.2. The lowest BCUT2D eigenvalue weighted by Crippen LogP contribution is -2.21. The van der Waals surface area contributed by atoms with E-state index in [9.17, 15) is 4.79 Å². The fourth-order valence-corrected chi connectivity index (χ4v) is 2.56. The van der Waals surface area contributed by atoms with Crippen molar-refractivity contribution >= 4 is 21.8 Å². The van der Waals surface area contributed by atoms with Crippen LogP contribution in [-0.2, 0) is 4.79 Å². The molecule has 1 saturated heterocycles. The minimum Gasteiger partial charge on any atom is -0.360 e. The van der Waals surface area contributed by atoms with Crippen molar-refractivity contribution in [2.75, 3.05) is 13.6 Å². The van der Waals surface area contributed by atoms with Gasteiger partial charge in [0.15, 0.2) is 0 Å². The topological polar surface area (TPSA) is 59.2 Å². The molecular weight excluding hydrogens is 310 g/mol. The number of pyridine rings is 1. The van der Waals surface area contributed by atoms with Crippen molar-refractivity contribution in [1.29, 1.82) is 0 Å². The number of likely N-dealkylation sites (N-methyl/N-ethyl adjacent to an activating group) is 1. The van der Waals surface area contributed by atoms with Crippen molar-refractivity contribution in [1.82, 2.24) is 15.0 Å². The summed E-state index contributed by atoms with van der Waals surface area (Å²) >= 11 is 3.32. The van der Waals surface area contributed by atoms with E-state index in [4.69, 9.17) is 4.52 Å². The van der Waals surface area contributed by atoms with Crippen LogP contribution in [0.15, 0.2) is 33.4 Å². The summed E-state index contributed by atoms with van der Waals surface area (Å²) in [4.78, 5) is 17.9. The maximum absolute atomic E-state index is 11.9. The average molecular weight is 322 g/mol. The standard InChI is InChI=1S/C13H12BrN3O2/c1-17-6-5-8(13(17)18)11-7-10(16-19-11)9-3-2-4-12(14)15-9/h2-4,7-8H,5-6H2,1H3. The molecule has 2 aromatic heterocycles. The van der Waals surface area contributed by atoms with Gasteiger partial charge in [0.25, 0.3) is 0 Å². The van der Waals surface area contributed by atoms with Crippen LogP contribution < -0.4 is 0 Å². The highest BCUT2D eigenvalue weighted by molar-refractivity contribution is 9.10. The fraction of sp³-hybridized carbons (Fsp3) is 0.308. The van der Waals surface area contributed by atoms with Crippen molar-refractivity contribution in [2.45, 2.75) is 12.3 Å². The molecule has 5 nitrogen and oxygen atoms in total. The number of halogens is 1. The predicted octanol–water partition coefficient (Wildman–Crippen LogP) is 2.44. The summed E-state index contributed by atoms with van der Waals surface area (Å²) in [6, 6.07) is 7.39. The Bertz CT molecular complexity index is 626. The molecule has 6 heteroatoms. The van der Waals surface area contributed by atoms with Crippen LogP contribution in [0.5, 0.6) is 0 Å². The zero-order valence-corrected chi connectivity index (χ0v) is 11.9. The van der Waals surface area contributed by atoms with Crippen molar-refractivity contribution < 1.29 is 9.32 Å². The van der Waals surface area contributed by atoms with E-state index in [0.29, 0.717) is 11.5 Å². The third-order valence-electron chi connectivity index (χ3n) is 3.28. The molecule has 98 valence electrons. The van der Waals surface area contributed by atoms with Crippen LogP contribution in [0.3, 0.4) is 0 Å². The van der Waals surface area contributed by atoms with Gasteiger partial charge in [-0.2, -0.15) is 0 Å². The maximum atomic E-state index is 11.9. The molecule has 0 spiro atoms.